The molecule has 2 heterocycles. The highest BCUT2D eigenvalue weighted by Gasteiger charge is 2.13. The van der Waals surface area contributed by atoms with Crippen molar-refractivity contribution in [3.63, 3.8) is 0 Å². The van der Waals surface area contributed by atoms with E-state index >= 15 is 0 Å². The molecule has 0 bridgehead atoms. The third-order valence-corrected chi connectivity index (χ3v) is 2.54. The van der Waals surface area contributed by atoms with Gasteiger partial charge in [0.25, 0.3) is 5.91 Å². The van der Waals surface area contributed by atoms with Gasteiger partial charge in [0.15, 0.2) is 5.82 Å². The molecule has 0 unspecified atom stereocenters. The molecule has 0 atom stereocenters. The van der Waals surface area contributed by atoms with E-state index in [9.17, 15) is 9.18 Å². The number of halogens is 1. The van der Waals surface area contributed by atoms with Crippen LogP contribution in [0.5, 0.6) is 0 Å². The molecule has 0 aliphatic carbocycles. The van der Waals surface area contributed by atoms with Gasteiger partial charge in [-0.3, -0.25) is 4.79 Å². The number of aromatic nitrogens is 3. The van der Waals surface area contributed by atoms with Crippen LogP contribution >= 0.6 is 0 Å². The standard InChI is InChI=1S/C12H14FN5O2/c1-7-17-10(18-20-7)3-4-15-12(19)9-5-8(13)6-16-11(9)14-2/h5-6H,3-4H2,1-2H3,(H,14,16)(H,15,19). The molecule has 2 aromatic rings. The van der Waals surface area contributed by atoms with E-state index in [4.69, 9.17) is 4.52 Å². The van der Waals surface area contributed by atoms with Crippen LogP contribution in [-0.4, -0.2) is 34.6 Å². The van der Waals surface area contributed by atoms with Gasteiger partial charge in [0, 0.05) is 26.9 Å². The first-order valence-electron chi connectivity index (χ1n) is 6.01. The van der Waals surface area contributed by atoms with Crippen LogP contribution in [-0.2, 0) is 6.42 Å². The summed E-state index contributed by atoms with van der Waals surface area (Å²) in [5.74, 6) is 0.316. The van der Waals surface area contributed by atoms with Gasteiger partial charge in [0.1, 0.15) is 11.6 Å². The first kappa shape index (κ1) is 13.9. The lowest BCUT2D eigenvalue weighted by Gasteiger charge is -2.08. The number of pyridine rings is 1. The molecule has 0 spiro atoms. The van der Waals surface area contributed by atoms with Crippen molar-refractivity contribution in [1.29, 1.82) is 0 Å². The highest BCUT2D eigenvalue weighted by molar-refractivity contribution is 5.98. The maximum atomic E-state index is 13.1. The summed E-state index contributed by atoms with van der Waals surface area (Å²) >= 11 is 0. The summed E-state index contributed by atoms with van der Waals surface area (Å²) in [6.45, 7) is 2.00. The molecule has 0 aliphatic heterocycles. The van der Waals surface area contributed by atoms with E-state index < -0.39 is 11.7 Å². The SMILES string of the molecule is CNc1ncc(F)cc1C(=O)NCCc1noc(C)n1. The molecule has 7 nitrogen and oxygen atoms in total. The number of hydrogen-bond donors (Lipinski definition) is 2. The third kappa shape index (κ3) is 3.28. The fourth-order valence-electron chi connectivity index (χ4n) is 1.64. The summed E-state index contributed by atoms with van der Waals surface area (Å²) < 4.78 is 17.9. The van der Waals surface area contributed by atoms with Crippen LogP contribution in [0.3, 0.4) is 0 Å². The van der Waals surface area contributed by atoms with Gasteiger partial charge < -0.3 is 15.2 Å². The van der Waals surface area contributed by atoms with Crippen LogP contribution in [0.15, 0.2) is 16.8 Å². The monoisotopic (exact) mass is 279 g/mol. The maximum absolute atomic E-state index is 13.1. The van der Waals surface area contributed by atoms with Gasteiger partial charge in [-0.1, -0.05) is 5.16 Å². The number of carbonyl (C=O) groups excluding carboxylic acids is 1. The van der Waals surface area contributed by atoms with Crippen molar-refractivity contribution in [1.82, 2.24) is 20.4 Å². The lowest BCUT2D eigenvalue weighted by Crippen LogP contribution is -2.27. The molecule has 0 radical (unpaired) electrons. The lowest BCUT2D eigenvalue weighted by atomic mass is 10.2. The normalized spacial score (nSPS) is 10.3. The minimum Gasteiger partial charge on any atom is -0.372 e. The third-order valence-electron chi connectivity index (χ3n) is 2.54. The molecule has 20 heavy (non-hydrogen) atoms. The first-order valence-corrected chi connectivity index (χ1v) is 6.01. The molecule has 8 heteroatoms. The van der Waals surface area contributed by atoms with E-state index in [1.807, 2.05) is 0 Å². The number of carbonyl (C=O) groups is 1. The lowest BCUT2D eigenvalue weighted by molar-refractivity contribution is 0.0954. The Labute approximate surface area is 114 Å². The Bertz CT molecular complexity index is 614. The second-order valence-electron chi connectivity index (χ2n) is 4.04. The number of aryl methyl sites for hydroxylation is 1. The minimum atomic E-state index is -0.567. The molecule has 2 aromatic heterocycles. The van der Waals surface area contributed by atoms with Gasteiger partial charge in [-0.05, 0) is 6.07 Å². The first-order chi connectivity index (χ1) is 9.60. The molecular formula is C12H14FN5O2. The minimum absolute atomic E-state index is 0.150. The van der Waals surface area contributed by atoms with Crippen LogP contribution in [0.4, 0.5) is 10.2 Å². The van der Waals surface area contributed by atoms with Crippen LogP contribution in [0.25, 0.3) is 0 Å². The van der Waals surface area contributed by atoms with Crippen molar-refractivity contribution in [2.24, 2.45) is 0 Å². The van der Waals surface area contributed by atoms with E-state index in [1.54, 1.807) is 14.0 Å². The van der Waals surface area contributed by atoms with Crippen LogP contribution < -0.4 is 10.6 Å². The average molecular weight is 279 g/mol. The maximum Gasteiger partial charge on any atom is 0.255 e. The quantitative estimate of drug-likeness (QED) is 0.845. The molecule has 0 saturated carbocycles. The van der Waals surface area contributed by atoms with Crippen LogP contribution in [0.2, 0.25) is 0 Å². The van der Waals surface area contributed by atoms with E-state index in [0.717, 1.165) is 12.3 Å². The molecule has 2 N–H and O–H groups in total. The highest BCUT2D eigenvalue weighted by atomic mass is 19.1. The van der Waals surface area contributed by atoms with E-state index in [1.165, 1.54) is 0 Å². The molecule has 0 aromatic carbocycles. The van der Waals surface area contributed by atoms with Gasteiger partial charge in [-0.2, -0.15) is 4.98 Å². The summed E-state index contributed by atoms with van der Waals surface area (Å²) in [5, 5.41) is 9.10. The molecule has 106 valence electrons. The molecule has 0 saturated heterocycles. The summed E-state index contributed by atoms with van der Waals surface area (Å²) in [7, 11) is 1.61. The predicted octanol–water partition coefficient (Wildman–Crippen LogP) is 0.926. The zero-order valence-corrected chi connectivity index (χ0v) is 11.1. The van der Waals surface area contributed by atoms with Crippen molar-refractivity contribution in [3.05, 3.63) is 35.4 Å². The fourth-order valence-corrected chi connectivity index (χ4v) is 1.64. The number of hydrogen-bond acceptors (Lipinski definition) is 6. The van der Waals surface area contributed by atoms with Crippen molar-refractivity contribution in [2.45, 2.75) is 13.3 Å². The number of amides is 1. The van der Waals surface area contributed by atoms with Gasteiger partial charge in [-0.25, -0.2) is 9.37 Å². The van der Waals surface area contributed by atoms with E-state index in [-0.39, 0.29) is 5.56 Å². The molecule has 1 amide bonds. The Morgan fingerprint density at radius 3 is 2.95 bits per heavy atom. The Hall–Kier alpha value is -2.51. The zero-order chi connectivity index (χ0) is 14.5. The number of rotatable bonds is 5. The highest BCUT2D eigenvalue weighted by Crippen LogP contribution is 2.12. The van der Waals surface area contributed by atoms with Crippen molar-refractivity contribution in [3.8, 4) is 0 Å². The fraction of sp³-hybridized carbons (Fsp3) is 0.333. The van der Waals surface area contributed by atoms with Crippen LogP contribution in [0, 0.1) is 12.7 Å². The largest absolute Gasteiger partial charge is 0.372 e. The Morgan fingerprint density at radius 1 is 1.50 bits per heavy atom. The number of nitrogens with zero attached hydrogens (tertiary/aromatic N) is 3. The molecule has 0 aliphatic rings. The summed E-state index contributed by atoms with van der Waals surface area (Å²) in [6, 6.07) is 1.13. The van der Waals surface area contributed by atoms with Crippen LogP contribution in [0.1, 0.15) is 22.1 Å². The van der Waals surface area contributed by atoms with Gasteiger partial charge in [0.2, 0.25) is 5.89 Å². The van der Waals surface area contributed by atoms with Crippen molar-refractivity contribution < 1.29 is 13.7 Å². The topological polar surface area (TPSA) is 92.9 Å². The molecule has 0 fully saturated rings. The smallest absolute Gasteiger partial charge is 0.255 e. The van der Waals surface area contributed by atoms with Crippen molar-refractivity contribution in [2.75, 3.05) is 18.9 Å². The molecule has 2 rings (SSSR count). The number of anilines is 1. The Morgan fingerprint density at radius 2 is 2.30 bits per heavy atom. The van der Waals surface area contributed by atoms with Gasteiger partial charge in [0.05, 0.1) is 11.8 Å². The second kappa shape index (κ2) is 6.09. The second-order valence-corrected chi connectivity index (χ2v) is 4.04. The summed E-state index contributed by atoms with van der Waals surface area (Å²) in [5.41, 5.74) is 0.150. The summed E-state index contributed by atoms with van der Waals surface area (Å²) in [6.07, 6.45) is 1.48. The zero-order valence-electron chi connectivity index (χ0n) is 11.1. The average Bonchev–Trinajstić information content (AvgIpc) is 2.84. The number of nitrogens with one attached hydrogen (secondary N) is 2. The predicted molar refractivity (Wildman–Crippen MR) is 68.8 cm³/mol. The summed E-state index contributed by atoms with van der Waals surface area (Å²) in [4.78, 5) is 19.8. The van der Waals surface area contributed by atoms with Gasteiger partial charge in [-0.15, -0.1) is 0 Å². The van der Waals surface area contributed by atoms with Crippen molar-refractivity contribution >= 4 is 11.7 Å². The van der Waals surface area contributed by atoms with Gasteiger partial charge >= 0.3 is 0 Å². The van der Waals surface area contributed by atoms with E-state index in [2.05, 4.69) is 25.8 Å². The van der Waals surface area contributed by atoms with E-state index in [0.29, 0.717) is 30.5 Å². The Balaban J connectivity index is 1.96. The molecular weight excluding hydrogens is 265 g/mol. The Kier molecular flexibility index (Phi) is 4.24.